The highest BCUT2D eigenvalue weighted by molar-refractivity contribution is 6.30. The van der Waals surface area contributed by atoms with E-state index in [4.69, 9.17) is 16.6 Å². The van der Waals surface area contributed by atoms with Crippen molar-refractivity contribution in [1.82, 2.24) is 14.8 Å². The number of pyridine rings is 1. The molecular formula is C30H31ClN6O2. The van der Waals surface area contributed by atoms with E-state index < -0.39 is 5.66 Å². The second kappa shape index (κ2) is 9.52. The molecular weight excluding hydrogens is 512 g/mol. The number of carbonyl (C=O) groups is 2. The Labute approximate surface area is 232 Å². The minimum Gasteiger partial charge on any atom is -0.380 e. The number of nitrogens with one attached hydrogen (secondary N) is 2. The van der Waals surface area contributed by atoms with Crippen LogP contribution in [0.15, 0.2) is 71.5 Å². The number of rotatable bonds is 8. The normalized spacial score (nSPS) is 27.3. The minimum absolute atomic E-state index is 0.0344. The van der Waals surface area contributed by atoms with Crippen molar-refractivity contribution in [2.75, 3.05) is 30.3 Å². The number of amides is 2. The highest BCUT2D eigenvalue weighted by Crippen LogP contribution is 2.48. The maximum absolute atomic E-state index is 12.9. The molecule has 1 unspecified atom stereocenters. The van der Waals surface area contributed by atoms with Crippen molar-refractivity contribution >= 4 is 40.8 Å². The Morgan fingerprint density at radius 3 is 2.87 bits per heavy atom. The average molecular weight is 543 g/mol. The van der Waals surface area contributed by atoms with Crippen LogP contribution in [-0.2, 0) is 9.59 Å². The van der Waals surface area contributed by atoms with Crippen LogP contribution in [0.1, 0.15) is 43.6 Å². The van der Waals surface area contributed by atoms with Gasteiger partial charge in [-0.2, -0.15) is 0 Å². The first-order valence-electron chi connectivity index (χ1n) is 13.8. The van der Waals surface area contributed by atoms with E-state index in [9.17, 15) is 9.59 Å². The molecule has 2 aliphatic carbocycles. The van der Waals surface area contributed by atoms with Crippen molar-refractivity contribution in [2.45, 2.75) is 43.7 Å². The highest BCUT2D eigenvalue weighted by atomic mass is 35.5. The summed E-state index contributed by atoms with van der Waals surface area (Å²) in [7, 11) is 0. The molecule has 39 heavy (non-hydrogen) atoms. The van der Waals surface area contributed by atoms with Gasteiger partial charge in [-0.25, -0.2) is 9.98 Å². The third kappa shape index (κ3) is 4.82. The molecule has 1 saturated heterocycles. The van der Waals surface area contributed by atoms with E-state index >= 15 is 0 Å². The van der Waals surface area contributed by atoms with Crippen LogP contribution in [0.25, 0.3) is 0 Å². The van der Waals surface area contributed by atoms with Crippen molar-refractivity contribution in [3.05, 3.63) is 77.1 Å². The molecule has 9 heteroatoms. The molecule has 3 fully saturated rings. The van der Waals surface area contributed by atoms with Crippen LogP contribution in [0, 0.1) is 11.8 Å². The number of amidine groups is 1. The Balaban J connectivity index is 1.04. The molecule has 4 heterocycles. The summed E-state index contributed by atoms with van der Waals surface area (Å²) in [5, 5.41) is 7.17. The van der Waals surface area contributed by atoms with Gasteiger partial charge in [-0.1, -0.05) is 29.8 Å². The Hall–Kier alpha value is -3.65. The number of benzene rings is 1. The number of nitrogens with zero attached hydrogens (tertiary/aromatic N) is 4. The number of allylic oxidation sites excluding steroid dienone is 2. The zero-order valence-corrected chi connectivity index (χ0v) is 22.4. The summed E-state index contributed by atoms with van der Waals surface area (Å²) < 4.78 is 0. The lowest BCUT2D eigenvalue weighted by Gasteiger charge is -2.36. The Bertz CT molecular complexity index is 1430. The third-order valence-corrected chi connectivity index (χ3v) is 8.62. The monoisotopic (exact) mass is 542 g/mol. The summed E-state index contributed by atoms with van der Waals surface area (Å²) in [4.78, 5) is 39.4. The SMILES string of the molecule is O=C(Nc1cc(NCC2(N3CCCC3=O)CN3C=C(C4CC4)C=CC3=N2)ccn1)[C@H]1C[C@@H]1c1cccc(Cl)c1. The number of carbonyl (C=O) groups excluding carboxylic acids is 2. The number of anilines is 2. The molecule has 7 rings (SSSR count). The van der Waals surface area contributed by atoms with E-state index in [-0.39, 0.29) is 23.7 Å². The van der Waals surface area contributed by atoms with Crippen LogP contribution in [0.5, 0.6) is 0 Å². The lowest BCUT2D eigenvalue weighted by Crippen LogP contribution is -2.55. The lowest BCUT2D eigenvalue weighted by atomic mass is 10.1. The van der Waals surface area contributed by atoms with Crippen molar-refractivity contribution in [1.29, 1.82) is 0 Å². The topological polar surface area (TPSA) is 89.9 Å². The summed E-state index contributed by atoms with van der Waals surface area (Å²) in [6, 6.07) is 11.4. The molecule has 0 spiro atoms. The number of halogens is 1. The Morgan fingerprint density at radius 1 is 1.18 bits per heavy atom. The standard InChI is InChI=1S/C30H31ClN6O2/c31-22-4-1-3-20(13-22)24-15-25(24)29(39)34-26-14-23(10-11-32-26)33-17-30(37-12-2-5-28(37)38)18-36-16-21(19-6-7-19)8-9-27(36)35-30/h1,3-4,8-11,13-14,16,19,24-25H,2,5-7,12,15,17-18H2,(H2,32,33,34,39)/t24-,25+,30?/m1/s1. The van der Waals surface area contributed by atoms with Crippen molar-refractivity contribution in [3.63, 3.8) is 0 Å². The first-order chi connectivity index (χ1) is 19.0. The largest absolute Gasteiger partial charge is 0.380 e. The zero-order chi connectivity index (χ0) is 26.6. The van der Waals surface area contributed by atoms with Gasteiger partial charge in [0.2, 0.25) is 11.8 Å². The fraction of sp³-hybridized carbons (Fsp3) is 0.400. The number of hydrogen-bond acceptors (Lipinski definition) is 6. The second-order valence-electron chi connectivity index (χ2n) is 11.2. The van der Waals surface area contributed by atoms with Gasteiger partial charge in [-0.15, -0.1) is 0 Å². The van der Waals surface area contributed by atoms with E-state index in [0.29, 0.717) is 42.8 Å². The molecule has 1 aromatic heterocycles. The van der Waals surface area contributed by atoms with Crippen LogP contribution in [0.2, 0.25) is 5.02 Å². The Morgan fingerprint density at radius 2 is 2.08 bits per heavy atom. The molecule has 1 aromatic carbocycles. The predicted molar refractivity (Wildman–Crippen MR) is 151 cm³/mol. The summed E-state index contributed by atoms with van der Waals surface area (Å²) in [6.45, 7) is 1.81. The highest BCUT2D eigenvalue weighted by Gasteiger charge is 2.48. The molecule has 2 N–H and O–H groups in total. The molecule has 3 aliphatic heterocycles. The van der Waals surface area contributed by atoms with Crippen molar-refractivity contribution in [2.24, 2.45) is 16.8 Å². The van der Waals surface area contributed by atoms with Gasteiger partial charge in [0.05, 0.1) is 13.1 Å². The number of aliphatic imine (C=N–C) groups is 1. The maximum Gasteiger partial charge on any atom is 0.229 e. The molecule has 0 bridgehead atoms. The average Bonchev–Trinajstić information content (AvgIpc) is 3.85. The second-order valence-corrected chi connectivity index (χ2v) is 11.7. The smallest absolute Gasteiger partial charge is 0.229 e. The van der Waals surface area contributed by atoms with Gasteiger partial charge in [-0.05, 0) is 72.9 Å². The maximum atomic E-state index is 12.9. The first-order valence-corrected chi connectivity index (χ1v) is 14.2. The van der Waals surface area contributed by atoms with Crippen LogP contribution < -0.4 is 10.6 Å². The van der Waals surface area contributed by atoms with E-state index in [0.717, 1.165) is 29.9 Å². The summed E-state index contributed by atoms with van der Waals surface area (Å²) in [5.41, 5.74) is 2.58. The van der Waals surface area contributed by atoms with E-state index in [1.165, 1.54) is 18.4 Å². The zero-order valence-electron chi connectivity index (χ0n) is 21.6. The predicted octanol–water partition coefficient (Wildman–Crippen LogP) is 4.79. The third-order valence-electron chi connectivity index (χ3n) is 8.39. The van der Waals surface area contributed by atoms with E-state index in [1.54, 1.807) is 6.20 Å². The fourth-order valence-electron chi connectivity index (χ4n) is 6.05. The van der Waals surface area contributed by atoms with Gasteiger partial charge < -0.3 is 20.4 Å². The number of fused-ring (bicyclic) bond motifs is 1. The molecule has 3 atom stereocenters. The van der Waals surface area contributed by atoms with Gasteiger partial charge in [0.1, 0.15) is 11.7 Å². The number of aromatic nitrogens is 1. The minimum atomic E-state index is -0.687. The van der Waals surface area contributed by atoms with Gasteiger partial charge in [0, 0.05) is 48.1 Å². The number of hydrogen-bond donors (Lipinski definition) is 2. The van der Waals surface area contributed by atoms with Gasteiger partial charge >= 0.3 is 0 Å². The number of likely N-dealkylation sites (tertiary alicyclic amines) is 1. The van der Waals surface area contributed by atoms with Gasteiger partial charge in [-0.3, -0.25) is 9.59 Å². The summed E-state index contributed by atoms with van der Waals surface area (Å²) >= 11 is 6.13. The molecule has 0 radical (unpaired) electrons. The summed E-state index contributed by atoms with van der Waals surface area (Å²) in [6.07, 6.45) is 12.9. The van der Waals surface area contributed by atoms with Crippen molar-refractivity contribution in [3.8, 4) is 0 Å². The lowest BCUT2D eigenvalue weighted by molar-refractivity contribution is -0.132. The molecule has 200 valence electrons. The Kier molecular flexibility index (Phi) is 5.95. The molecule has 2 amide bonds. The van der Waals surface area contributed by atoms with E-state index in [2.05, 4.69) is 38.9 Å². The fourth-order valence-corrected chi connectivity index (χ4v) is 6.25. The quantitative estimate of drug-likeness (QED) is 0.501. The molecule has 8 nitrogen and oxygen atoms in total. The van der Waals surface area contributed by atoms with E-state index in [1.807, 2.05) is 41.3 Å². The molecule has 2 saturated carbocycles. The van der Waals surface area contributed by atoms with Gasteiger partial charge in [0.15, 0.2) is 5.66 Å². The van der Waals surface area contributed by atoms with Gasteiger partial charge in [0.25, 0.3) is 0 Å². The van der Waals surface area contributed by atoms with Crippen molar-refractivity contribution < 1.29 is 9.59 Å². The first kappa shape index (κ1) is 24.4. The molecule has 5 aliphatic rings. The summed E-state index contributed by atoms with van der Waals surface area (Å²) in [5.74, 6) is 2.29. The van der Waals surface area contributed by atoms with Crippen LogP contribution in [0.3, 0.4) is 0 Å². The molecule has 2 aromatic rings. The van der Waals surface area contributed by atoms with Crippen LogP contribution in [-0.4, -0.2) is 57.7 Å². The van der Waals surface area contributed by atoms with Crippen LogP contribution in [0.4, 0.5) is 11.5 Å². The van der Waals surface area contributed by atoms with Crippen LogP contribution >= 0.6 is 11.6 Å².